The van der Waals surface area contributed by atoms with Gasteiger partial charge in [-0.15, -0.1) is 0 Å². The Morgan fingerprint density at radius 1 is 0.744 bits per heavy atom. The van der Waals surface area contributed by atoms with Crippen LogP contribution in [0.5, 0.6) is 0 Å². The molecule has 0 heterocycles. The van der Waals surface area contributed by atoms with Crippen molar-refractivity contribution >= 4 is 34.2 Å². The first-order valence-corrected chi connectivity index (χ1v) is 22.5. The molecule has 43 heavy (non-hydrogen) atoms. The van der Waals surface area contributed by atoms with Crippen LogP contribution in [-0.4, -0.2) is 47.8 Å². The average Bonchev–Trinajstić information content (AvgIpc) is 3.19. The summed E-state index contributed by atoms with van der Waals surface area (Å²) in [6, 6.07) is 9.71. The summed E-state index contributed by atoms with van der Waals surface area (Å²) in [5, 5.41) is 3.31. The van der Waals surface area contributed by atoms with Crippen LogP contribution in [0.3, 0.4) is 0 Å². The Morgan fingerprint density at radius 3 is 1.72 bits per heavy atom. The second-order valence-corrected chi connectivity index (χ2v) is 25.2. The number of amides is 1. The maximum absolute atomic E-state index is 12.8. The lowest BCUT2D eigenvalue weighted by Crippen LogP contribution is -2.45. The van der Waals surface area contributed by atoms with Crippen LogP contribution >= 0.6 is 0 Å². The van der Waals surface area contributed by atoms with Gasteiger partial charge in [0.1, 0.15) is 0 Å². The Bertz CT molecular complexity index is 1000. The molecule has 1 aromatic carbocycles. The maximum atomic E-state index is 12.8. The number of hydrogen-bond donors (Lipinski definition) is 1. The molecule has 2 rings (SSSR count). The van der Waals surface area contributed by atoms with Crippen LogP contribution in [0.15, 0.2) is 30.3 Å². The van der Waals surface area contributed by atoms with Gasteiger partial charge in [0.25, 0.3) is 0 Å². The zero-order chi connectivity index (χ0) is 32.5. The second-order valence-electron chi connectivity index (χ2n) is 15.7. The van der Waals surface area contributed by atoms with E-state index in [1.807, 2.05) is 30.3 Å². The minimum Gasteiger partial charge on any atom is -0.469 e. The highest BCUT2D eigenvalue weighted by Crippen LogP contribution is 2.49. The monoisotopic (exact) mass is 633 g/mol. The van der Waals surface area contributed by atoms with Gasteiger partial charge in [-0.2, -0.15) is 0 Å². The van der Waals surface area contributed by atoms with Crippen molar-refractivity contribution in [2.24, 2.45) is 11.8 Å². The van der Waals surface area contributed by atoms with Crippen molar-refractivity contribution in [3.63, 3.8) is 0 Å². The van der Waals surface area contributed by atoms with Crippen molar-refractivity contribution in [3.05, 3.63) is 30.3 Å². The Balaban J connectivity index is 2.23. The summed E-state index contributed by atoms with van der Waals surface area (Å²) in [6.07, 6.45) is 9.27. The number of anilines is 1. The SMILES string of the molecule is COC(=O)CCCCCCC1C(O[Si](C)(C)C(C)(C)C)CC(O[Si](C)(C)C(C)(C)C)C1CCCC(=O)Nc1ccccc1. The zero-order valence-electron chi connectivity index (χ0n) is 29.3. The van der Waals surface area contributed by atoms with Crippen molar-refractivity contribution in [2.75, 3.05) is 12.4 Å². The number of carbonyl (C=O) groups is 2. The standard InChI is InChI=1S/C35H63NO5Si2/c1-34(2,3)42(8,9)40-30-26-31(41-43(10,11)35(4,5)6)29(28(30)22-17-12-13-18-25-33(38)39-7)23-19-24-32(37)36-27-20-15-14-16-21-27/h14-16,20-21,28-31H,12-13,17-19,22-26H2,1-11H3,(H,36,37). The molecule has 1 aliphatic carbocycles. The first-order chi connectivity index (χ1) is 19.9. The van der Waals surface area contributed by atoms with Gasteiger partial charge in [0, 0.05) is 18.5 Å². The Morgan fingerprint density at radius 2 is 1.23 bits per heavy atom. The summed E-state index contributed by atoms with van der Waals surface area (Å²) in [5.41, 5.74) is 0.848. The second kappa shape index (κ2) is 16.2. The molecule has 1 aliphatic rings. The van der Waals surface area contributed by atoms with E-state index < -0.39 is 16.6 Å². The molecule has 1 aromatic rings. The van der Waals surface area contributed by atoms with E-state index in [9.17, 15) is 9.59 Å². The van der Waals surface area contributed by atoms with Crippen LogP contribution in [0.1, 0.15) is 106 Å². The first kappa shape index (κ1) is 37.7. The third-order valence-corrected chi connectivity index (χ3v) is 19.4. The first-order valence-electron chi connectivity index (χ1n) is 16.7. The number of unbranched alkanes of at least 4 members (excludes halogenated alkanes) is 3. The number of methoxy groups -OCH3 is 1. The lowest BCUT2D eigenvalue weighted by atomic mass is 9.85. The van der Waals surface area contributed by atoms with E-state index in [1.54, 1.807) is 0 Å². The number of nitrogens with one attached hydrogen (secondary N) is 1. The van der Waals surface area contributed by atoms with Crippen LogP contribution < -0.4 is 5.32 Å². The van der Waals surface area contributed by atoms with Gasteiger partial charge in [-0.05, 0) is 92.3 Å². The molecule has 1 amide bonds. The molecule has 0 saturated heterocycles. The topological polar surface area (TPSA) is 73.9 Å². The number of ether oxygens (including phenoxy) is 1. The molecule has 4 unspecified atom stereocenters. The van der Waals surface area contributed by atoms with E-state index in [-0.39, 0.29) is 34.2 Å². The Kier molecular flexibility index (Phi) is 14.2. The van der Waals surface area contributed by atoms with E-state index in [2.05, 4.69) is 73.0 Å². The third-order valence-electron chi connectivity index (χ3n) is 10.4. The van der Waals surface area contributed by atoms with Crippen LogP contribution in [0.4, 0.5) is 5.69 Å². The van der Waals surface area contributed by atoms with Crippen LogP contribution in [0.25, 0.3) is 0 Å². The molecule has 1 N–H and O–H groups in total. The number of rotatable bonds is 16. The molecule has 4 atom stereocenters. The van der Waals surface area contributed by atoms with Gasteiger partial charge in [-0.1, -0.05) is 79.0 Å². The quantitative estimate of drug-likeness (QED) is 0.111. The molecule has 0 radical (unpaired) electrons. The van der Waals surface area contributed by atoms with E-state index in [4.69, 9.17) is 13.6 Å². The predicted octanol–water partition coefficient (Wildman–Crippen LogP) is 9.73. The van der Waals surface area contributed by atoms with Gasteiger partial charge in [-0.3, -0.25) is 9.59 Å². The van der Waals surface area contributed by atoms with Crippen LogP contribution in [-0.2, 0) is 23.2 Å². The predicted molar refractivity (Wildman–Crippen MR) is 184 cm³/mol. The van der Waals surface area contributed by atoms with Gasteiger partial charge >= 0.3 is 5.97 Å². The minimum atomic E-state index is -2.01. The molecule has 0 aliphatic heterocycles. The Hall–Kier alpha value is -1.49. The molecule has 0 aromatic heterocycles. The van der Waals surface area contributed by atoms with Crippen molar-refractivity contribution in [1.29, 1.82) is 0 Å². The third kappa shape index (κ3) is 11.8. The van der Waals surface area contributed by atoms with Crippen molar-refractivity contribution in [1.82, 2.24) is 0 Å². The van der Waals surface area contributed by atoms with E-state index in [1.165, 1.54) is 7.11 Å². The number of benzene rings is 1. The summed E-state index contributed by atoms with van der Waals surface area (Å²) >= 11 is 0. The summed E-state index contributed by atoms with van der Waals surface area (Å²) < 4.78 is 19.2. The molecule has 0 bridgehead atoms. The zero-order valence-corrected chi connectivity index (χ0v) is 31.3. The van der Waals surface area contributed by atoms with Crippen molar-refractivity contribution in [3.8, 4) is 0 Å². The van der Waals surface area contributed by atoms with E-state index in [0.29, 0.717) is 24.7 Å². The largest absolute Gasteiger partial charge is 0.469 e. The molecular formula is C35H63NO5Si2. The van der Waals surface area contributed by atoms with E-state index >= 15 is 0 Å². The highest BCUT2D eigenvalue weighted by atomic mass is 28.4. The Labute approximate surface area is 265 Å². The van der Waals surface area contributed by atoms with Crippen molar-refractivity contribution < 1.29 is 23.2 Å². The number of para-hydroxylation sites is 1. The normalized spacial score (nSPS) is 21.6. The average molecular weight is 634 g/mol. The smallest absolute Gasteiger partial charge is 0.305 e. The molecule has 1 saturated carbocycles. The van der Waals surface area contributed by atoms with Gasteiger partial charge < -0.3 is 18.9 Å². The molecule has 8 heteroatoms. The molecule has 1 fully saturated rings. The number of esters is 1. The van der Waals surface area contributed by atoms with E-state index in [0.717, 1.165) is 57.1 Å². The molecule has 246 valence electrons. The molecule has 6 nitrogen and oxygen atoms in total. The summed E-state index contributed by atoms with van der Waals surface area (Å²) in [6.45, 7) is 23.3. The highest BCUT2D eigenvalue weighted by Gasteiger charge is 2.50. The lowest BCUT2D eigenvalue weighted by molar-refractivity contribution is -0.140. The molecular weight excluding hydrogens is 571 g/mol. The number of hydrogen-bond acceptors (Lipinski definition) is 5. The lowest BCUT2D eigenvalue weighted by Gasteiger charge is -2.40. The van der Waals surface area contributed by atoms with Gasteiger partial charge in [0.05, 0.1) is 19.3 Å². The summed E-state index contributed by atoms with van der Waals surface area (Å²) in [5.74, 6) is 0.716. The molecule has 0 spiro atoms. The summed E-state index contributed by atoms with van der Waals surface area (Å²) in [7, 11) is -2.55. The van der Waals surface area contributed by atoms with Crippen LogP contribution in [0.2, 0.25) is 36.3 Å². The summed E-state index contributed by atoms with van der Waals surface area (Å²) in [4.78, 5) is 24.4. The van der Waals surface area contributed by atoms with Gasteiger partial charge in [-0.25, -0.2) is 0 Å². The van der Waals surface area contributed by atoms with Gasteiger partial charge in [0.15, 0.2) is 16.6 Å². The number of carbonyl (C=O) groups excluding carboxylic acids is 2. The fraction of sp³-hybridized carbons (Fsp3) is 0.771. The fourth-order valence-electron chi connectivity index (χ4n) is 5.66. The maximum Gasteiger partial charge on any atom is 0.305 e. The van der Waals surface area contributed by atoms with Crippen molar-refractivity contribution in [2.45, 2.75) is 154 Å². The van der Waals surface area contributed by atoms with Gasteiger partial charge in [0.2, 0.25) is 5.91 Å². The fourth-order valence-corrected chi connectivity index (χ4v) is 8.42. The minimum absolute atomic E-state index is 0.0716. The van der Waals surface area contributed by atoms with Crippen LogP contribution in [0, 0.1) is 11.8 Å². The highest BCUT2D eigenvalue weighted by molar-refractivity contribution is 6.74.